The molecule has 0 saturated carbocycles. The lowest BCUT2D eigenvalue weighted by Crippen LogP contribution is -2.20. The van der Waals surface area contributed by atoms with Gasteiger partial charge in [0.05, 0.1) is 16.8 Å². The van der Waals surface area contributed by atoms with Crippen molar-refractivity contribution >= 4 is 23.1 Å². The molecule has 0 aliphatic heterocycles. The number of nitrogens with one attached hydrogen (secondary N) is 2. The second-order valence-electron chi connectivity index (χ2n) is 8.18. The average Bonchev–Trinajstić information content (AvgIpc) is 3.31. The standard InChI is InChI=1S/C25H15F6N7O/c26-24(27,28)15-11-16(25(29,30)31)13-18(12-15)34-23(39)33-17-5-3-4-14(10-17)19-7-8-21-35-36-22(38(21)37-19)20-6-1-2-9-32-20/h1-13H,(H2,33,34,39). The summed E-state index contributed by atoms with van der Waals surface area (Å²) < 4.78 is 80.2. The van der Waals surface area contributed by atoms with Crippen molar-refractivity contribution in [2.24, 2.45) is 0 Å². The first-order chi connectivity index (χ1) is 18.5. The number of urea groups is 1. The van der Waals surface area contributed by atoms with Gasteiger partial charge >= 0.3 is 18.4 Å². The Labute approximate surface area is 215 Å². The highest BCUT2D eigenvalue weighted by Crippen LogP contribution is 2.37. The van der Waals surface area contributed by atoms with E-state index in [4.69, 9.17) is 0 Å². The number of fused-ring (bicyclic) bond motifs is 1. The molecular formula is C25H15F6N7O. The second kappa shape index (κ2) is 9.70. The molecule has 3 heterocycles. The van der Waals surface area contributed by atoms with E-state index in [0.717, 1.165) is 0 Å². The zero-order valence-corrected chi connectivity index (χ0v) is 19.4. The van der Waals surface area contributed by atoms with E-state index < -0.39 is 35.2 Å². The van der Waals surface area contributed by atoms with Gasteiger partial charge in [0, 0.05) is 23.1 Å². The molecule has 2 N–H and O–H groups in total. The molecule has 0 atom stereocenters. The molecule has 0 spiro atoms. The van der Waals surface area contributed by atoms with E-state index in [1.165, 1.54) is 16.6 Å². The monoisotopic (exact) mass is 543 g/mol. The molecule has 2 aromatic carbocycles. The van der Waals surface area contributed by atoms with Crippen LogP contribution in [-0.4, -0.2) is 30.8 Å². The van der Waals surface area contributed by atoms with Crippen LogP contribution in [-0.2, 0) is 12.4 Å². The summed E-state index contributed by atoms with van der Waals surface area (Å²) in [4.78, 5) is 16.7. The van der Waals surface area contributed by atoms with Crippen LogP contribution < -0.4 is 10.6 Å². The first-order valence-electron chi connectivity index (χ1n) is 11.1. The van der Waals surface area contributed by atoms with Crippen molar-refractivity contribution in [1.82, 2.24) is 24.8 Å². The van der Waals surface area contributed by atoms with Gasteiger partial charge in [-0.15, -0.1) is 10.2 Å². The highest BCUT2D eigenvalue weighted by Gasteiger charge is 2.37. The lowest BCUT2D eigenvalue weighted by atomic mass is 10.1. The first-order valence-corrected chi connectivity index (χ1v) is 11.1. The Morgan fingerprint density at radius 3 is 2.10 bits per heavy atom. The molecule has 5 rings (SSSR count). The van der Waals surface area contributed by atoms with Crippen LogP contribution in [0.25, 0.3) is 28.4 Å². The Morgan fingerprint density at radius 2 is 1.44 bits per heavy atom. The molecule has 0 unspecified atom stereocenters. The lowest BCUT2D eigenvalue weighted by Gasteiger charge is -2.15. The van der Waals surface area contributed by atoms with Crippen LogP contribution in [0.2, 0.25) is 0 Å². The van der Waals surface area contributed by atoms with Crippen LogP contribution in [0, 0.1) is 0 Å². The van der Waals surface area contributed by atoms with E-state index in [0.29, 0.717) is 40.6 Å². The Morgan fingerprint density at radius 1 is 0.718 bits per heavy atom. The van der Waals surface area contributed by atoms with Gasteiger partial charge in [-0.1, -0.05) is 18.2 Å². The molecule has 0 saturated heterocycles. The van der Waals surface area contributed by atoms with E-state index >= 15 is 0 Å². The summed E-state index contributed by atoms with van der Waals surface area (Å²) in [6.07, 6.45) is -8.49. The van der Waals surface area contributed by atoms with Crippen LogP contribution in [0.3, 0.4) is 0 Å². The highest BCUT2D eigenvalue weighted by atomic mass is 19.4. The zero-order chi connectivity index (χ0) is 27.8. The minimum atomic E-state index is -5.04. The molecule has 8 nitrogen and oxygen atoms in total. The number of aromatic nitrogens is 5. The molecule has 5 aromatic rings. The number of nitrogens with zero attached hydrogens (tertiary/aromatic N) is 5. The fourth-order valence-electron chi connectivity index (χ4n) is 3.67. The van der Waals surface area contributed by atoms with E-state index in [9.17, 15) is 31.1 Å². The molecule has 39 heavy (non-hydrogen) atoms. The van der Waals surface area contributed by atoms with E-state index in [1.54, 1.807) is 48.7 Å². The maximum absolute atomic E-state index is 13.1. The van der Waals surface area contributed by atoms with Crippen LogP contribution in [0.5, 0.6) is 0 Å². The lowest BCUT2D eigenvalue weighted by molar-refractivity contribution is -0.143. The Balaban J connectivity index is 1.39. The number of anilines is 2. The van der Waals surface area contributed by atoms with E-state index in [1.807, 2.05) is 5.32 Å². The number of benzene rings is 2. The average molecular weight is 543 g/mol. The Kier molecular flexibility index (Phi) is 6.38. The minimum absolute atomic E-state index is 0.0224. The largest absolute Gasteiger partial charge is 0.416 e. The van der Waals surface area contributed by atoms with Crippen molar-refractivity contribution in [3.63, 3.8) is 0 Å². The summed E-state index contributed by atoms with van der Waals surface area (Å²) in [7, 11) is 0. The highest BCUT2D eigenvalue weighted by molar-refractivity contribution is 6.00. The Bertz CT molecular complexity index is 1630. The molecule has 0 aliphatic rings. The van der Waals surface area contributed by atoms with Gasteiger partial charge in [0.15, 0.2) is 5.65 Å². The van der Waals surface area contributed by atoms with Gasteiger partial charge in [-0.2, -0.15) is 36.0 Å². The smallest absolute Gasteiger partial charge is 0.308 e. The molecular weight excluding hydrogens is 528 g/mol. The molecule has 2 amide bonds. The third-order valence-corrected chi connectivity index (χ3v) is 5.42. The number of amides is 2. The fraction of sp³-hybridized carbons (Fsp3) is 0.0800. The number of carbonyl (C=O) groups is 1. The van der Waals surface area contributed by atoms with Crippen molar-refractivity contribution in [3.05, 3.63) is 90.1 Å². The molecule has 0 radical (unpaired) electrons. The number of hydrogen-bond acceptors (Lipinski definition) is 5. The summed E-state index contributed by atoms with van der Waals surface area (Å²) in [5.74, 6) is 0.403. The first kappa shape index (κ1) is 25.6. The molecule has 198 valence electrons. The number of carbonyl (C=O) groups excluding carboxylic acids is 1. The molecule has 14 heteroatoms. The third kappa shape index (κ3) is 5.63. The molecule has 0 fully saturated rings. The van der Waals surface area contributed by atoms with Crippen LogP contribution >= 0.6 is 0 Å². The maximum atomic E-state index is 13.1. The van der Waals surface area contributed by atoms with Crippen molar-refractivity contribution in [1.29, 1.82) is 0 Å². The van der Waals surface area contributed by atoms with E-state index in [-0.39, 0.29) is 11.8 Å². The van der Waals surface area contributed by atoms with Gasteiger partial charge in [-0.25, -0.2) is 4.79 Å². The third-order valence-electron chi connectivity index (χ3n) is 5.42. The van der Waals surface area contributed by atoms with Crippen LogP contribution in [0.4, 0.5) is 42.5 Å². The van der Waals surface area contributed by atoms with Gasteiger partial charge in [0.2, 0.25) is 5.82 Å². The summed E-state index contributed by atoms with van der Waals surface area (Å²) in [5.41, 5.74) is -1.52. The molecule has 0 aliphatic carbocycles. The van der Waals surface area contributed by atoms with Gasteiger partial charge < -0.3 is 10.6 Å². The fourth-order valence-corrected chi connectivity index (χ4v) is 3.67. The maximum Gasteiger partial charge on any atom is 0.416 e. The number of halogens is 6. The van der Waals surface area contributed by atoms with Gasteiger partial charge in [-0.05, 0) is 54.6 Å². The topological polar surface area (TPSA) is 97.1 Å². The van der Waals surface area contributed by atoms with Crippen molar-refractivity contribution in [3.8, 4) is 22.8 Å². The minimum Gasteiger partial charge on any atom is -0.308 e. The number of hydrogen-bond donors (Lipinski definition) is 2. The van der Waals surface area contributed by atoms with Crippen LogP contribution in [0.1, 0.15) is 11.1 Å². The predicted molar refractivity (Wildman–Crippen MR) is 129 cm³/mol. The van der Waals surface area contributed by atoms with Crippen molar-refractivity contribution in [2.45, 2.75) is 12.4 Å². The number of rotatable bonds is 4. The summed E-state index contributed by atoms with van der Waals surface area (Å²) in [6, 6.07) is 14.7. The number of pyridine rings is 1. The Hall–Kier alpha value is -5.01. The van der Waals surface area contributed by atoms with Crippen molar-refractivity contribution in [2.75, 3.05) is 10.6 Å². The van der Waals surface area contributed by atoms with Crippen molar-refractivity contribution < 1.29 is 31.1 Å². The van der Waals surface area contributed by atoms with Gasteiger partial charge in [-0.3, -0.25) is 4.98 Å². The zero-order valence-electron chi connectivity index (χ0n) is 19.4. The quantitative estimate of drug-likeness (QED) is 0.251. The second-order valence-corrected chi connectivity index (χ2v) is 8.18. The molecule has 3 aromatic heterocycles. The van der Waals surface area contributed by atoms with Gasteiger partial charge in [0.1, 0.15) is 5.69 Å². The summed E-state index contributed by atoms with van der Waals surface area (Å²) in [5, 5.41) is 17.2. The predicted octanol–water partition coefficient (Wildman–Crippen LogP) is 6.53. The summed E-state index contributed by atoms with van der Waals surface area (Å²) in [6.45, 7) is 0. The normalized spacial score (nSPS) is 11.9. The summed E-state index contributed by atoms with van der Waals surface area (Å²) >= 11 is 0. The molecule has 0 bridgehead atoms. The van der Waals surface area contributed by atoms with Gasteiger partial charge in [0.25, 0.3) is 0 Å². The van der Waals surface area contributed by atoms with E-state index in [2.05, 4.69) is 25.6 Å². The van der Waals surface area contributed by atoms with Crippen LogP contribution in [0.15, 0.2) is 79.0 Å². The number of alkyl halides is 6. The SMILES string of the molecule is O=C(Nc1cccc(-c2ccc3nnc(-c4ccccn4)n3n2)c1)Nc1cc(C(F)(F)F)cc(C(F)(F)F)c1.